The van der Waals surface area contributed by atoms with Crippen LogP contribution < -0.4 is 9.47 Å². The normalized spacial score (nSPS) is 17.7. The molecule has 1 saturated heterocycles. The lowest BCUT2D eigenvalue weighted by molar-refractivity contribution is -0.141. The maximum absolute atomic E-state index is 12.3. The zero-order valence-corrected chi connectivity index (χ0v) is 13.3. The predicted molar refractivity (Wildman–Crippen MR) is 79.6 cm³/mol. The quantitative estimate of drug-likeness (QED) is 0.686. The average Bonchev–Trinajstić information content (AvgIpc) is 2.91. The van der Waals surface area contributed by atoms with Crippen LogP contribution >= 0.6 is 0 Å². The van der Waals surface area contributed by atoms with E-state index >= 15 is 0 Å². The fourth-order valence-corrected chi connectivity index (χ4v) is 2.57. The van der Waals surface area contributed by atoms with Crippen molar-refractivity contribution in [1.29, 1.82) is 0 Å². The highest BCUT2D eigenvalue weighted by atomic mass is 19.3. The molecule has 2 rings (SSSR count). The molecule has 0 aromatic heterocycles. The highest BCUT2D eigenvalue weighted by Gasteiger charge is 2.26. The number of methoxy groups -OCH3 is 1. The maximum atomic E-state index is 12.3. The van der Waals surface area contributed by atoms with Gasteiger partial charge in [0.05, 0.1) is 19.6 Å². The molecular formula is C16H21F2NO4. The Morgan fingerprint density at radius 3 is 2.78 bits per heavy atom. The van der Waals surface area contributed by atoms with Crippen molar-refractivity contribution in [2.75, 3.05) is 27.3 Å². The Morgan fingerprint density at radius 2 is 2.17 bits per heavy atom. The number of hydrogen-bond donors (Lipinski definition) is 0. The molecule has 0 spiro atoms. The minimum Gasteiger partial charge on any atom is -0.493 e. The third-order valence-corrected chi connectivity index (χ3v) is 3.80. The molecule has 1 aliphatic rings. The molecule has 1 aromatic rings. The molecule has 0 N–H and O–H groups in total. The van der Waals surface area contributed by atoms with E-state index in [2.05, 4.69) is 9.64 Å². The van der Waals surface area contributed by atoms with E-state index in [0.29, 0.717) is 13.2 Å². The summed E-state index contributed by atoms with van der Waals surface area (Å²) in [7, 11) is 3.35. The fraction of sp³-hybridized carbons (Fsp3) is 0.562. The third-order valence-electron chi connectivity index (χ3n) is 3.80. The number of carbonyl (C=O) groups excluding carboxylic acids is 1. The van der Waals surface area contributed by atoms with Crippen molar-refractivity contribution >= 4 is 5.97 Å². The standard InChI is InChI=1S/C16H21F2NO4/c1-19(7-5-12-6-8-22-15(12)20)10-11-3-4-13(23-16(17)18)14(9-11)21-2/h3-4,9,12,16H,5-8,10H2,1-2H3/t12-/m0/s1. The summed E-state index contributed by atoms with van der Waals surface area (Å²) < 4.78 is 39.0. The second-order valence-electron chi connectivity index (χ2n) is 5.54. The van der Waals surface area contributed by atoms with Crippen molar-refractivity contribution in [3.05, 3.63) is 23.8 Å². The van der Waals surface area contributed by atoms with Gasteiger partial charge in [0.15, 0.2) is 11.5 Å². The maximum Gasteiger partial charge on any atom is 0.387 e. The van der Waals surface area contributed by atoms with Gasteiger partial charge < -0.3 is 19.1 Å². The molecule has 1 aromatic carbocycles. The summed E-state index contributed by atoms with van der Waals surface area (Å²) in [6.45, 7) is -1.01. The molecule has 1 fully saturated rings. The molecule has 0 saturated carbocycles. The van der Waals surface area contributed by atoms with Gasteiger partial charge in [-0.2, -0.15) is 8.78 Å². The van der Waals surface area contributed by atoms with Gasteiger partial charge >= 0.3 is 12.6 Å². The molecular weight excluding hydrogens is 308 g/mol. The van der Waals surface area contributed by atoms with Crippen molar-refractivity contribution in [3.8, 4) is 11.5 Å². The van der Waals surface area contributed by atoms with Crippen molar-refractivity contribution in [1.82, 2.24) is 4.90 Å². The molecule has 23 heavy (non-hydrogen) atoms. The molecule has 0 aliphatic carbocycles. The van der Waals surface area contributed by atoms with Crippen LogP contribution in [0.25, 0.3) is 0 Å². The van der Waals surface area contributed by atoms with E-state index in [9.17, 15) is 13.6 Å². The van der Waals surface area contributed by atoms with E-state index in [-0.39, 0.29) is 23.4 Å². The number of halogens is 2. The molecule has 1 atom stereocenters. The number of cyclic esters (lactones) is 1. The minimum absolute atomic E-state index is 0.0163. The van der Waals surface area contributed by atoms with Crippen LogP contribution in [0.5, 0.6) is 11.5 Å². The Bertz CT molecular complexity index is 539. The first kappa shape index (κ1) is 17.5. The van der Waals surface area contributed by atoms with Crippen molar-refractivity contribution in [2.45, 2.75) is 26.0 Å². The lowest BCUT2D eigenvalue weighted by Gasteiger charge is -2.19. The second-order valence-corrected chi connectivity index (χ2v) is 5.54. The van der Waals surface area contributed by atoms with E-state index < -0.39 is 6.61 Å². The Kier molecular flexibility index (Phi) is 6.15. The van der Waals surface area contributed by atoms with Gasteiger partial charge in [-0.1, -0.05) is 6.07 Å². The monoisotopic (exact) mass is 329 g/mol. The van der Waals surface area contributed by atoms with E-state index in [1.807, 2.05) is 7.05 Å². The number of carbonyl (C=O) groups is 1. The number of esters is 1. The van der Waals surface area contributed by atoms with Gasteiger partial charge in [0.25, 0.3) is 0 Å². The van der Waals surface area contributed by atoms with Gasteiger partial charge in [0.2, 0.25) is 0 Å². The van der Waals surface area contributed by atoms with E-state index in [4.69, 9.17) is 9.47 Å². The van der Waals surface area contributed by atoms with Gasteiger partial charge in [0.1, 0.15) is 0 Å². The fourth-order valence-electron chi connectivity index (χ4n) is 2.57. The number of alkyl halides is 2. The molecule has 0 amide bonds. The Balaban J connectivity index is 1.89. The first-order valence-electron chi connectivity index (χ1n) is 7.46. The van der Waals surface area contributed by atoms with Crippen LogP contribution in [0.15, 0.2) is 18.2 Å². The number of ether oxygens (including phenoxy) is 3. The van der Waals surface area contributed by atoms with Gasteiger partial charge in [-0.05, 0) is 44.1 Å². The molecule has 128 valence electrons. The number of benzene rings is 1. The Labute approximate surface area is 134 Å². The lowest BCUT2D eigenvalue weighted by atomic mass is 10.0. The van der Waals surface area contributed by atoms with Gasteiger partial charge in [-0.3, -0.25) is 4.79 Å². The summed E-state index contributed by atoms with van der Waals surface area (Å²) in [5.41, 5.74) is 0.917. The Hall–Kier alpha value is -1.89. The summed E-state index contributed by atoms with van der Waals surface area (Å²) in [6.07, 6.45) is 1.53. The summed E-state index contributed by atoms with van der Waals surface area (Å²) >= 11 is 0. The van der Waals surface area contributed by atoms with Crippen LogP contribution in [-0.2, 0) is 16.1 Å². The van der Waals surface area contributed by atoms with E-state index in [0.717, 1.165) is 24.9 Å². The summed E-state index contributed by atoms with van der Waals surface area (Å²) in [5.74, 6) is 0.153. The summed E-state index contributed by atoms with van der Waals surface area (Å²) in [6, 6.07) is 4.88. The van der Waals surface area contributed by atoms with Crippen LogP contribution in [-0.4, -0.2) is 44.8 Å². The SMILES string of the molecule is COc1cc(CN(C)CC[C@H]2CCOC2=O)ccc1OC(F)F. The average molecular weight is 329 g/mol. The molecule has 0 radical (unpaired) electrons. The largest absolute Gasteiger partial charge is 0.493 e. The molecule has 0 unspecified atom stereocenters. The first-order chi connectivity index (χ1) is 11.0. The zero-order chi connectivity index (χ0) is 16.8. The number of rotatable bonds is 8. The highest BCUT2D eigenvalue weighted by molar-refractivity contribution is 5.74. The van der Waals surface area contributed by atoms with Gasteiger partial charge in [-0.25, -0.2) is 0 Å². The summed E-state index contributed by atoms with van der Waals surface area (Å²) in [5, 5.41) is 0. The van der Waals surface area contributed by atoms with Gasteiger partial charge in [0, 0.05) is 6.54 Å². The smallest absolute Gasteiger partial charge is 0.387 e. The molecule has 1 aliphatic heterocycles. The summed E-state index contributed by atoms with van der Waals surface area (Å²) in [4.78, 5) is 13.5. The topological polar surface area (TPSA) is 48.0 Å². The van der Waals surface area contributed by atoms with Crippen molar-refractivity contribution in [3.63, 3.8) is 0 Å². The second kappa shape index (κ2) is 8.10. The van der Waals surface area contributed by atoms with Crippen LogP contribution in [0.3, 0.4) is 0 Å². The number of nitrogens with zero attached hydrogens (tertiary/aromatic N) is 1. The van der Waals surface area contributed by atoms with E-state index in [1.165, 1.54) is 13.2 Å². The first-order valence-corrected chi connectivity index (χ1v) is 7.46. The van der Waals surface area contributed by atoms with Crippen LogP contribution in [0.1, 0.15) is 18.4 Å². The Morgan fingerprint density at radius 1 is 1.39 bits per heavy atom. The third kappa shape index (κ3) is 5.06. The molecule has 0 bridgehead atoms. The van der Waals surface area contributed by atoms with Gasteiger partial charge in [-0.15, -0.1) is 0 Å². The molecule has 1 heterocycles. The zero-order valence-electron chi connectivity index (χ0n) is 13.3. The van der Waals surface area contributed by atoms with Crippen molar-refractivity contribution in [2.24, 2.45) is 5.92 Å². The van der Waals surface area contributed by atoms with Crippen molar-refractivity contribution < 1.29 is 27.8 Å². The lowest BCUT2D eigenvalue weighted by Crippen LogP contribution is -2.22. The molecule has 7 heteroatoms. The predicted octanol–water partition coefficient (Wildman–Crippen LogP) is 2.68. The van der Waals surface area contributed by atoms with Crippen LogP contribution in [0.4, 0.5) is 8.78 Å². The number of hydrogen-bond acceptors (Lipinski definition) is 5. The minimum atomic E-state index is -2.89. The van der Waals surface area contributed by atoms with E-state index in [1.54, 1.807) is 12.1 Å². The molecule has 5 nitrogen and oxygen atoms in total. The van der Waals surface area contributed by atoms with Crippen LogP contribution in [0, 0.1) is 5.92 Å². The van der Waals surface area contributed by atoms with Crippen LogP contribution in [0.2, 0.25) is 0 Å². The highest BCUT2D eigenvalue weighted by Crippen LogP contribution is 2.30.